The van der Waals surface area contributed by atoms with Crippen LogP contribution in [-0.4, -0.2) is 15.8 Å². The lowest BCUT2D eigenvalue weighted by Crippen LogP contribution is -2.08. The maximum absolute atomic E-state index is 10.6. The Morgan fingerprint density at radius 3 is 2.55 bits per heavy atom. The summed E-state index contributed by atoms with van der Waals surface area (Å²) in [5, 5.41) is 0. The fraction of sp³-hybridized carbons (Fsp3) is 0.435. The van der Waals surface area contributed by atoms with Crippen molar-refractivity contribution in [3.05, 3.63) is 65.5 Å². The van der Waals surface area contributed by atoms with Crippen LogP contribution in [-0.2, 0) is 23.4 Å². The first-order valence-corrected chi connectivity index (χ1v) is 11.7. The van der Waals surface area contributed by atoms with E-state index in [-0.39, 0.29) is 11.2 Å². The highest BCUT2D eigenvalue weighted by Crippen LogP contribution is 2.27. The van der Waals surface area contributed by atoms with Gasteiger partial charge >= 0.3 is 0 Å². The summed E-state index contributed by atoms with van der Waals surface area (Å²) < 4.78 is 6.91. The zero-order valence-electron chi connectivity index (χ0n) is 17.7. The first kappa shape index (κ1) is 23.4. The third-order valence-electron chi connectivity index (χ3n) is 3.89. The van der Waals surface area contributed by atoms with Gasteiger partial charge < -0.3 is 9.21 Å². The number of carbonyl (C=O) groups excluding carboxylic acids is 1. The Labute approximate surface area is 182 Å². The van der Waals surface area contributed by atoms with E-state index < -0.39 is 0 Å². The molecule has 4 nitrogen and oxygen atoms in total. The Balaban J connectivity index is 0.000000221. The second-order valence-corrected chi connectivity index (χ2v) is 10.3. The quantitative estimate of drug-likeness (QED) is 0.376. The first-order valence-electron chi connectivity index (χ1n) is 9.80. The van der Waals surface area contributed by atoms with Gasteiger partial charge in [0.05, 0.1) is 27.9 Å². The van der Waals surface area contributed by atoms with E-state index in [4.69, 9.17) is 4.42 Å². The highest BCUT2D eigenvalue weighted by molar-refractivity contribution is 8.00. The molecule has 0 bridgehead atoms. The van der Waals surface area contributed by atoms with E-state index in [0.717, 1.165) is 36.7 Å². The van der Waals surface area contributed by atoms with Crippen LogP contribution in [0.5, 0.6) is 0 Å². The molecule has 2 aromatic heterocycles. The van der Waals surface area contributed by atoms with E-state index in [1.807, 2.05) is 36.1 Å². The largest absolute Gasteiger partial charge is 0.445 e. The number of rotatable bonds is 8. The molecule has 0 fully saturated rings. The van der Waals surface area contributed by atoms with E-state index in [1.54, 1.807) is 30.0 Å². The van der Waals surface area contributed by atoms with Crippen molar-refractivity contribution in [2.24, 2.45) is 5.41 Å². The number of Topliss-reactive ketones (excluding diaryl/α,β-unsaturated/α-hetero) is 1. The lowest BCUT2D eigenvalue weighted by molar-refractivity contribution is -0.117. The third-order valence-corrected chi connectivity index (χ3v) is 5.88. The van der Waals surface area contributed by atoms with Crippen LogP contribution < -0.4 is 0 Å². The predicted molar refractivity (Wildman–Crippen MR) is 121 cm³/mol. The maximum Gasteiger partial charge on any atom is 0.204 e. The van der Waals surface area contributed by atoms with E-state index in [0.29, 0.717) is 6.42 Å². The molecule has 156 valence electrons. The topological polar surface area (TPSA) is 56.0 Å². The second kappa shape index (κ2) is 11.9. The number of carbonyl (C=O) groups is 1. The minimum atomic E-state index is 0.238. The zero-order valence-corrected chi connectivity index (χ0v) is 19.3. The van der Waals surface area contributed by atoms with Gasteiger partial charge in [-0.05, 0) is 30.7 Å². The molecular weight excluding hydrogens is 400 g/mol. The molecule has 0 amide bonds. The summed E-state index contributed by atoms with van der Waals surface area (Å²) in [6, 6.07) is 10.3. The molecule has 0 spiro atoms. The van der Waals surface area contributed by atoms with Gasteiger partial charge in [0.15, 0.2) is 0 Å². The number of aryl methyl sites for hydroxylation is 1. The van der Waals surface area contributed by atoms with Crippen LogP contribution >= 0.6 is 23.1 Å². The van der Waals surface area contributed by atoms with E-state index in [1.165, 1.54) is 9.77 Å². The van der Waals surface area contributed by atoms with Crippen LogP contribution in [0.15, 0.2) is 56.9 Å². The SMILES string of the molecule is CC(=O)CCCc1ccccc1.CC(C)(C)Cc1cnc(CSc2cncs2)o1. The summed E-state index contributed by atoms with van der Waals surface area (Å²) in [5.41, 5.74) is 3.39. The van der Waals surface area contributed by atoms with E-state index >= 15 is 0 Å². The molecule has 1 aromatic carbocycles. The Kier molecular flexibility index (Phi) is 9.61. The van der Waals surface area contributed by atoms with Gasteiger partial charge in [-0.1, -0.05) is 51.1 Å². The van der Waals surface area contributed by atoms with Crippen molar-refractivity contribution in [1.29, 1.82) is 0 Å². The highest BCUT2D eigenvalue weighted by atomic mass is 32.2. The van der Waals surface area contributed by atoms with E-state index in [2.05, 4.69) is 42.9 Å². The van der Waals surface area contributed by atoms with Crippen LogP contribution in [0, 0.1) is 5.41 Å². The van der Waals surface area contributed by atoms with Gasteiger partial charge in [-0.25, -0.2) is 4.98 Å². The molecular formula is C23H30N2O2S2. The maximum atomic E-state index is 10.6. The Bertz CT molecular complexity index is 837. The molecule has 3 rings (SSSR count). The van der Waals surface area contributed by atoms with Crippen molar-refractivity contribution in [3.8, 4) is 0 Å². The van der Waals surface area contributed by atoms with Crippen molar-refractivity contribution in [2.75, 3.05) is 0 Å². The number of oxazole rings is 1. The van der Waals surface area contributed by atoms with Crippen molar-refractivity contribution >= 4 is 28.9 Å². The molecule has 0 aliphatic carbocycles. The molecule has 6 heteroatoms. The summed E-state index contributed by atoms with van der Waals surface area (Å²) >= 11 is 3.35. The number of aromatic nitrogens is 2. The molecule has 0 N–H and O–H groups in total. The van der Waals surface area contributed by atoms with Crippen molar-refractivity contribution in [3.63, 3.8) is 0 Å². The van der Waals surface area contributed by atoms with Crippen LogP contribution in [0.25, 0.3) is 0 Å². The molecule has 0 unspecified atom stereocenters. The van der Waals surface area contributed by atoms with Crippen LogP contribution in [0.2, 0.25) is 0 Å². The van der Waals surface area contributed by atoms with Crippen molar-refractivity contribution in [2.45, 2.75) is 63.3 Å². The molecule has 3 aromatic rings. The Hall–Kier alpha value is -1.92. The van der Waals surface area contributed by atoms with Crippen molar-refractivity contribution < 1.29 is 9.21 Å². The summed E-state index contributed by atoms with van der Waals surface area (Å²) in [7, 11) is 0. The molecule has 0 radical (unpaired) electrons. The van der Waals surface area contributed by atoms with Crippen LogP contribution in [0.4, 0.5) is 0 Å². The fourth-order valence-electron chi connectivity index (χ4n) is 2.61. The summed E-state index contributed by atoms with van der Waals surface area (Å²) in [5.74, 6) is 2.82. The summed E-state index contributed by atoms with van der Waals surface area (Å²) in [6.07, 6.45) is 7.32. The van der Waals surface area contributed by atoms with Gasteiger partial charge in [0, 0.05) is 12.8 Å². The second-order valence-electron chi connectivity index (χ2n) is 8.11. The minimum absolute atomic E-state index is 0.238. The molecule has 0 saturated heterocycles. The number of nitrogens with zero attached hydrogens (tertiary/aromatic N) is 2. The van der Waals surface area contributed by atoms with Crippen LogP contribution in [0.3, 0.4) is 0 Å². The fourth-order valence-corrected chi connectivity index (χ4v) is 4.07. The van der Waals surface area contributed by atoms with Gasteiger partial charge in [0.2, 0.25) is 5.89 Å². The summed E-state index contributed by atoms with van der Waals surface area (Å²) in [4.78, 5) is 19.0. The normalized spacial score (nSPS) is 11.0. The monoisotopic (exact) mass is 430 g/mol. The lowest BCUT2D eigenvalue weighted by atomic mass is 9.91. The molecule has 2 heterocycles. The molecule has 29 heavy (non-hydrogen) atoms. The number of hydrogen-bond donors (Lipinski definition) is 0. The third kappa shape index (κ3) is 10.4. The van der Waals surface area contributed by atoms with Crippen LogP contribution in [0.1, 0.15) is 57.8 Å². The van der Waals surface area contributed by atoms with E-state index in [9.17, 15) is 4.79 Å². The molecule has 0 saturated carbocycles. The smallest absolute Gasteiger partial charge is 0.204 e. The Morgan fingerprint density at radius 1 is 1.17 bits per heavy atom. The standard InChI is InChI=1S/C12H16N2OS2.C11H14O/c1-12(2,3)4-9-5-14-10(15-9)7-16-11-6-13-8-17-11;1-10(12)6-5-9-11-7-3-2-4-8-11/h5-6,8H,4,7H2,1-3H3;2-4,7-8H,5-6,9H2,1H3. The molecule has 0 atom stereocenters. The first-order chi connectivity index (χ1) is 13.8. The van der Waals surface area contributed by atoms with Gasteiger partial charge in [0.1, 0.15) is 11.5 Å². The average molecular weight is 431 g/mol. The average Bonchev–Trinajstić information content (AvgIpc) is 3.31. The van der Waals surface area contributed by atoms with Gasteiger partial charge in [-0.2, -0.15) is 0 Å². The van der Waals surface area contributed by atoms with Gasteiger partial charge in [-0.15, -0.1) is 23.1 Å². The van der Waals surface area contributed by atoms with Gasteiger partial charge in [-0.3, -0.25) is 4.98 Å². The number of thioether (sulfide) groups is 1. The lowest BCUT2D eigenvalue weighted by Gasteiger charge is -2.15. The zero-order chi connectivity index (χ0) is 21.1. The summed E-state index contributed by atoms with van der Waals surface area (Å²) in [6.45, 7) is 8.23. The number of hydrogen-bond acceptors (Lipinski definition) is 6. The van der Waals surface area contributed by atoms with Crippen molar-refractivity contribution in [1.82, 2.24) is 9.97 Å². The number of thiazole rings is 1. The number of benzene rings is 1. The molecule has 0 aliphatic rings. The Morgan fingerprint density at radius 2 is 1.93 bits per heavy atom. The highest BCUT2D eigenvalue weighted by Gasteiger charge is 2.15. The predicted octanol–water partition coefficient (Wildman–Crippen LogP) is 6.61. The van der Waals surface area contributed by atoms with Gasteiger partial charge in [0.25, 0.3) is 0 Å². The minimum Gasteiger partial charge on any atom is -0.445 e. The molecule has 0 aliphatic heterocycles. The number of ketones is 1.